The Morgan fingerprint density at radius 1 is 1.40 bits per heavy atom. The average molecular weight is 275 g/mol. The van der Waals surface area contributed by atoms with E-state index < -0.39 is 0 Å². The number of nitrogens with one attached hydrogen (secondary N) is 1. The molecule has 0 atom stereocenters. The van der Waals surface area contributed by atoms with Gasteiger partial charge in [-0.3, -0.25) is 4.79 Å². The highest BCUT2D eigenvalue weighted by atomic mass is 16.1. The number of benzene rings is 1. The minimum absolute atomic E-state index is 0.0429. The van der Waals surface area contributed by atoms with Crippen LogP contribution in [0.15, 0.2) is 24.3 Å². The second-order valence-corrected chi connectivity index (χ2v) is 6.43. The zero-order valence-electron chi connectivity index (χ0n) is 12.5. The summed E-state index contributed by atoms with van der Waals surface area (Å²) < 4.78 is 0. The van der Waals surface area contributed by atoms with E-state index in [1.807, 2.05) is 18.2 Å². The maximum atomic E-state index is 11.9. The van der Waals surface area contributed by atoms with Gasteiger partial charge in [0.05, 0.1) is 11.4 Å². The molecule has 1 fully saturated rings. The third-order valence-corrected chi connectivity index (χ3v) is 3.87. The lowest BCUT2D eigenvalue weighted by molar-refractivity contribution is -0.116. The Morgan fingerprint density at radius 2 is 2.15 bits per heavy atom. The summed E-state index contributed by atoms with van der Waals surface area (Å²) >= 11 is 0. The lowest BCUT2D eigenvalue weighted by atomic mass is 9.93. The van der Waals surface area contributed by atoms with Crippen molar-refractivity contribution in [3.05, 3.63) is 24.3 Å². The summed E-state index contributed by atoms with van der Waals surface area (Å²) in [5, 5.41) is 2.87. The fourth-order valence-corrected chi connectivity index (χ4v) is 2.70. The molecule has 1 aliphatic rings. The number of nitrogen functional groups attached to an aromatic ring is 1. The van der Waals surface area contributed by atoms with Crippen LogP contribution in [0.3, 0.4) is 0 Å². The van der Waals surface area contributed by atoms with Gasteiger partial charge < -0.3 is 16.0 Å². The van der Waals surface area contributed by atoms with Gasteiger partial charge >= 0.3 is 0 Å². The van der Waals surface area contributed by atoms with Crippen molar-refractivity contribution in [2.75, 3.05) is 30.7 Å². The highest BCUT2D eigenvalue weighted by Gasteiger charge is 2.28. The smallest absolute Gasteiger partial charge is 0.224 e. The van der Waals surface area contributed by atoms with Gasteiger partial charge in [-0.25, -0.2) is 0 Å². The van der Waals surface area contributed by atoms with Gasteiger partial charge in [-0.05, 0) is 43.5 Å². The minimum Gasteiger partial charge on any atom is -0.397 e. The first-order valence-electron chi connectivity index (χ1n) is 7.33. The summed E-state index contributed by atoms with van der Waals surface area (Å²) in [4.78, 5) is 14.3. The molecule has 1 heterocycles. The van der Waals surface area contributed by atoms with E-state index in [1.54, 1.807) is 6.07 Å². The highest BCUT2D eigenvalue weighted by molar-refractivity contribution is 5.93. The Balaban J connectivity index is 1.70. The second kappa shape index (κ2) is 6.27. The van der Waals surface area contributed by atoms with Crippen LogP contribution in [-0.4, -0.2) is 30.4 Å². The number of hydrogen-bond acceptors (Lipinski definition) is 3. The largest absolute Gasteiger partial charge is 0.397 e. The number of hydrogen-bond donors (Lipinski definition) is 2. The number of amides is 1. The topological polar surface area (TPSA) is 58.4 Å². The first-order valence-corrected chi connectivity index (χ1v) is 7.33. The molecule has 0 radical (unpaired) electrons. The number of anilines is 2. The van der Waals surface area contributed by atoms with Crippen LogP contribution in [0.4, 0.5) is 11.4 Å². The van der Waals surface area contributed by atoms with Crippen molar-refractivity contribution < 1.29 is 4.79 Å². The predicted octanol–water partition coefficient (Wildman–Crippen LogP) is 2.72. The lowest BCUT2D eigenvalue weighted by Gasteiger charge is -2.19. The Labute approximate surface area is 121 Å². The normalized spacial score (nSPS) is 18.1. The summed E-state index contributed by atoms with van der Waals surface area (Å²) in [5.74, 6) is 0.0429. The van der Waals surface area contributed by atoms with E-state index in [0.29, 0.717) is 23.2 Å². The number of para-hydroxylation sites is 2. The molecule has 1 saturated heterocycles. The molecular formula is C16H25N3O. The third-order valence-electron chi connectivity index (χ3n) is 3.87. The van der Waals surface area contributed by atoms with Crippen molar-refractivity contribution in [1.29, 1.82) is 0 Å². The van der Waals surface area contributed by atoms with Gasteiger partial charge in [0, 0.05) is 13.0 Å². The monoisotopic (exact) mass is 275 g/mol. The van der Waals surface area contributed by atoms with E-state index in [4.69, 9.17) is 5.73 Å². The summed E-state index contributed by atoms with van der Waals surface area (Å²) in [7, 11) is 0. The Kier molecular flexibility index (Phi) is 4.65. The number of nitrogens with two attached hydrogens (primary N) is 1. The standard InChI is InChI=1S/C16H25N3O/c1-16(2)9-11-19(12-16)10-5-8-15(20)18-14-7-4-3-6-13(14)17/h3-4,6-7H,5,8-12,17H2,1-2H3,(H,18,20). The van der Waals surface area contributed by atoms with Crippen LogP contribution in [0.1, 0.15) is 33.1 Å². The maximum Gasteiger partial charge on any atom is 0.224 e. The molecular weight excluding hydrogens is 250 g/mol. The maximum absolute atomic E-state index is 11.9. The molecule has 1 aromatic rings. The molecule has 20 heavy (non-hydrogen) atoms. The van der Waals surface area contributed by atoms with Crippen LogP contribution in [-0.2, 0) is 4.79 Å². The summed E-state index contributed by atoms with van der Waals surface area (Å²) in [6.45, 7) is 7.90. The van der Waals surface area contributed by atoms with Crippen molar-refractivity contribution in [1.82, 2.24) is 4.90 Å². The fourth-order valence-electron chi connectivity index (χ4n) is 2.70. The van der Waals surface area contributed by atoms with Crippen molar-refractivity contribution in [3.8, 4) is 0 Å². The Hall–Kier alpha value is -1.55. The van der Waals surface area contributed by atoms with E-state index in [1.165, 1.54) is 6.42 Å². The molecule has 0 saturated carbocycles. The van der Waals surface area contributed by atoms with E-state index in [-0.39, 0.29) is 5.91 Å². The zero-order valence-corrected chi connectivity index (χ0v) is 12.5. The molecule has 2 rings (SSSR count). The van der Waals surface area contributed by atoms with E-state index in [2.05, 4.69) is 24.1 Å². The minimum atomic E-state index is 0.0429. The van der Waals surface area contributed by atoms with Gasteiger partial charge in [0.2, 0.25) is 5.91 Å². The molecule has 3 N–H and O–H groups in total. The van der Waals surface area contributed by atoms with Crippen LogP contribution in [0.5, 0.6) is 0 Å². The molecule has 4 heteroatoms. The summed E-state index contributed by atoms with van der Waals surface area (Å²) in [6, 6.07) is 7.36. The molecule has 0 aromatic heterocycles. The Bertz CT molecular complexity index is 471. The van der Waals surface area contributed by atoms with Crippen LogP contribution in [0.25, 0.3) is 0 Å². The summed E-state index contributed by atoms with van der Waals surface area (Å²) in [6.07, 6.45) is 2.69. The molecule has 0 unspecified atom stereocenters. The first-order chi connectivity index (χ1) is 9.46. The molecule has 1 aliphatic heterocycles. The quantitative estimate of drug-likeness (QED) is 0.812. The average Bonchev–Trinajstić information content (AvgIpc) is 2.72. The number of carbonyl (C=O) groups excluding carboxylic acids is 1. The second-order valence-electron chi connectivity index (χ2n) is 6.43. The van der Waals surface area contributed by atoms with Gasteiger partial charge in [0.25, 0.3) is 0 Å². The van der Waals surface area contributed by atoms with Gasteiger partial charge in [0.15, 0.2) is 0 Å². The van der Waals surface area contributed by atoms with Crippen molar-refractivity contribution in [2.24, 2.45) is 5.41 Å². The molecule has 0 bridgehead atoms. The highest BCUT2D eigenvalue weighted by Crippen LogP contribution is 2.28. The van der Waals surface area contributed by atoms with Crippen molar-refractivity contribution in [2.45, 2.75) is 33.1 Å². The van der Waals surface area contributed by atoms with Crippen LogP contribution < -0.4 is 11.1 Å². The third kappa shape index (κ3) is 4.23. The SMILES string of the molecule is CC1(C)CCN(CCCC(=O)Nc2ccccc2N)C1. The number of rotatable bonds is 5. The zero-order chi connectivity index (χ0) is 14.6. The molecule has 1 aromatic carbocycles. The number of carbonyl (C=O) groups is 1. The van der Waals surface area contributed by atoms with Gasteiger partial charge in [0.1, 0.15) is 0 Å². The molecule has 0 aliphatic carbocycles. The van der Waals surface area contributed by atoms with Crippen LogP contribution in [0, 0.1) is 5.41 Å². The first kappa shape index (κ1) is 14.9. The van der Waals surface area contributed by atoms with Gasteiger partial charge in [-0.15, -0.1) is 0 Å². The van der Waals surface area contributed by atoms with E-state index in [9.17, 15) is 4.79 Å². The van der Waals surface area contributed by atoms with Gasteiger partial charge in [-0.2, -0.15) is 0 Å². The molecule has 4 nitrogen and oxygen atoms in total. The molecule has 110 valence electrons. The van der Waals surface area contributed by atoms with Crippen molar-refractivity contribution >= 4 is 17.3 Å². The Morgan fingerprint density at radius 3 is 2.80 bits per heavy atom. The van der Waals surface area contributed by atoms with E-state index >= 15 is 0 Å². The van der Waals surface area contributed by atoms with Crippen LogP contribution >= 0.6 is 0 Å². The van der Waals surface area contributed by atoms with Crippen LogP contribution in [0.2, 0.25) is 0 Å². The lowest BCUT2D eigenvalue weighted by Crippen LogP contribution is -2.25. The fraction of sp³-hybridized carbons (Fsp3) is 0.562. The predicted molar refractivity (Wildman–Crippen MR) is 83.6 cm³/mol. The number of nitrogens with zero attached hydrogens (tertiary/aromatic N) is 1. The van der Waals surface area contributed by atoms with Crippen molar-refractivity contribution in [3.63, 3.8) is 0 Å². The van der Waals surface area contributed by atoms with E-state index in [0.717, 1.165) is 26.1 Å². The number of likely N-dealkylation sites (tertiary alicyclic amines) is 1. The molecule has 1 amide bonds. The molecule has 0 spiro atoms. The van der Waals surface area contributed by atoms with Gasteiger partial charge in [-0.1, -0.05) is 26.0 Å². The summed E-state index contributed by atoms with van der Waals surface area (Å²) in [5.41, 5.74) is 7.56.